The number of halogens is 2. The van der Waals surface area contributed by atoms with Gasteiger partial charge in [0, 0.05) is 13.6 Å². The highest BCUT2D eigenvalue weighted by Gasteiger charge is 2.30. The molecule has 0 amide bonds. The van der Waals surface area contributed by atoms with Crippen LogP contribution in [0.25, 0.3) is 0 Å². The van der Waals surface area contributed by atoms with E-state index in [-0.39, 0.29) is 11.6 Å². The molecule has 7 nitrogen and oxygen atoms in total. The van der Waals surface area contributed by atoms with Crippen molar-refractivity contribution in [1.29, 1.82) is 0 Å². The van der Waals surface area contributed by atoms with Gasteiger partial charge in [-0.25, -0.2) is 8.42 Å². The number of benzene rings is 1. The second kappa shape index (κ2) is 6.23. The first-order chi connectivity index (χ1) is 9.09. The Hall–Kier alpha value is -0.930. The van der Waals surface area contributed by atoms with E-state index in [0.717, 1.165) is 16.4 Å². The summed E-state index contributed by atoms with van der Waals surface area (Å²) in [5, 5.41) is 19.3. The molecule has 1 aromatic carbocycles. The molecule has 0 aliphatic rings. The maximum absolute atomic E-state index is 12.2. The third-order valence-corrected chi connectivity index (χ3v) is 5.09. The van der Waals surface area contributed by atoms with E-state index in [0.29, 0.717) is 0 Å². The van der Waals surface area contributed by atoms with Crippen molar-refractivity contribution in [3.8, 4) is 0 Å². The van der Waals surface area contributed by atoms with Crippen molar-refractivity contribution in [3.63, 3.8) is 0 Å². The minimum atomic E-state index is -4.06. The first-order valence-corrected chi connectivity index (χ1v) is 7.55. The number of aliphatic hydroxyl groups excluding tert-OH is 1. The SMILES string of the molecule is CC(O)CN(C)S(=O)(=O)c1ccc(Cl)c([N+](=O)[O-])c1Cl. The number of sulfonamides is 1. The summed E-state index contributed by atoms with van der Waals surface area (Å²) in [6.45, 7) is 1.24. The molecule has 1 aromatic rings. The summed E-state index contributed by atoms with van der Waals surface area (Å²) in [5.41, 5.74) is -0.667. The van der Waals surface area contributed by atoms with Crippen molar-refractivity contribution in [1.82, 2.24) is 4.31 Å². The van der Waals surface area contributed by atoms with Crippen molar-refractivity contribution in [2.24, 2.45) is 0 Å². The highest BCUT2D eigenvalue weighted by molar-refractivity contribution is 7.89. The summed E-state index contributed by atoms with van der Waals surface area (Å²) in [7, 11) is -2.82. The van der Waals surface area contributed by atoms with E-state index in [9.17, 15) is 23.6 Å². The lowest BCUT2D eigenvalue weighted by Crippen LogP contribution is -2.33. The van der Waals surface area contributed by atoms with Crippen LogP contribution in [0, 0.1) is 10.1 Å². The van der Waals surface area contributed by atoms with Crippen LogP contribution >= 0.6 is 23.2 Å². The molecule has 0 aliphatic heterocycles. The normalized spacial score (nSPS) is 13.5. The quantitative estimate of drug-likeness (QED) is 0.650. The predicted octanol–water partition coefficient (Wildman–Crippen LogP) is 1.90. The highest BCUT2D eigenvalue weighted by atomic mass is 35.5. The lowest BCUT2D eigenvalue weighted by Gasteiger charge is -2.19. The van der Waals surface area contributed by atoms with Crippen LogP contribution in [0.2, 0.25) is 10.0 Å². The number of hydrogen-bond acceptors (Lipinski definition) is 5. The number of aliphatic hydroxyl groups is 1. The molecule has 0 radical (unpaired) electrons. The molecule has 1 atom stereocenters. The molecule has 20 heavy (non-hydrogen) atoms. The molecule has 1 N–H and O–H groups in total. The maximum Gasteiger partial charge on any atom is 0.307 e. The second-order valence-corrected chi connectivity index (χ2v) is 6.90. The third kappa shape index (κ3) is 3.39. The molecular weight excluding hydrogens is 331 g/mol. The van der Waals surface area contributed by atoms with Crippen molar-refractivity contribution < 1.29 is 18.4 Å². The van der Waals surface area contributed by atoms with Crippen LogP contribution in [0.4, 0.5) is 5.69 Å². The lowest BCUT2D eigenvalue weighted by atomic mass is 10.3. The zero-order chi connectivity index (χ0) is 15.7. The Morgan fingerprint density at radius 3 is 2.45 bits per heavy atom. The van der Waals surface area contributed by atoms with Crippen molar-refractivity contribution in [2.75, 3.05) is 13.6 Å². The minimum absolute atomic E-state index is 0.172. The Bertz CT molecular complexity index is 633. The summed E-state index contributed by atoms with van der Waals surface area (Å²) in [5.74, 6) is 0. The molecule has 0 heterocycles. The molecule has 0 aromatic heterocycles. The second-order valence-electron chi connectivity index (χ2n) is 4.10. The average molecular weight is 343 g/mol. The van der Waals surface area contributed by atoms with E-state index in [2.05, 4.69) is 0 Å². The van der Waals surface area contributed by atoms with Gasteiger partial charge >= 0.3 is 5.69 Å². The number of nitro groups is 1. The maximum atomic E-state index is 12.2. The molecule has 0 spiro atoms. The predicted molar refractivity (Wildman–Crippen MR) is 74.6 cm³/mol. The third-order valence-electron chi connectivity index (χ3n) is 2.42. The van der Waals surface area contributed by atoms with E-state index in [1.807, 2.05) is 0 Å². The lowest BCUT2D eigenvalue weighted by molar-refractivity contribution is -0.384. The Labute approximate surface area is 125 Å². The van der Waals surface area contributed by atoms with Gasteiger partial charge in [0.05, 0.1) is 11.0 Å². The molecule has 10 heteroatoms. The average Bonchev–Trinajstić information content (AvgIpc) is 2.26. The molecule has 0 saturated carbocycles. The number of hydrogen-bond donors (Lipinski definition) is 1. The topological polar surface area (TPSA) is 101 Å². The molecular formula is C10H12Cl2N2O5S. The number of nitro benzene ring substituents is 1. The van der Waals surface area contributed by atoms with Gasteiger partial charge < -0.3 is 5.11 Å². The van der Waals surface area contributed by atoms with Crippen LogP contribution in [0.5, 0.6) is 0 Å². The first-order valence-electron chi connectivity index (χ1n) is 5.35. The molecule has 1 unspecified atom stereocenters. The van der Waals surface area contributed by atoms with Gasteiger partial charge in [-0.15, -0.1) is 0 Å². The highest BCUT2D eigenvalue weighted by Crippen LogP contribution is 2.37. The number of rotatable bonds is 5. The molecule has 0 fully saturated rings. The fraction of sp³-hybridized carbons (Fsp3) is 0.400. The van der Waals surface area contributed by atoms with Crippen LogP contribution in [0.3, 0.4) is 0 Å². The summed E-state index contributed by atoms with van der Waals surface area (Å²) in [4.78, 5) is 9.58. The fourth-order valence-electron chi connectivity index (χ4n) is 1.53. The summed E-state index contributed by atoms with van der Waals surface area (Å²) < 4.78 is 25.3. The summed E-state index contributed by atoms with van der Waals surface area (Å²) in [6, 6.07) is 2.18. The van der Waals surface area contributed by atoms with E-state index in [4.69, 9.17) is 23.2 Å². The molecule has 0 aliphatic carbocycles. The Kier molecular flexibility index (Phi) is 5.33. The monoisotopic (exact) mass is 342 g/mol. The molecule has 0 saturated heterocycles. The van der Waals surface area contributed by atoms with Crippen LogP contribution in [0.1, 0.15) is 6.92 Å². The van der Waals surface area contributed by atoms with Gasteiger partial charge in [-0.2, -0.15) is 4.31 Å². The largest absolute Gasteiger partial charge is 0.392 e. The minimum Gasteiger partial charge on any atom is -0.392 e. The first kappa shape index (κ1) is 17.1. The standard InChI is InChI=1S/C10H12Cl2N2O5S/c1-6(15)5-13(2)20(18,19)8-4-3-7(11)10(9(8)12)14(16)17/h3-4,6,15H,5H2,1-2H3. The van der Waals surface area contributed by atoms with Gasteiger partial charge in [0.2, 0.25) is 10.0 Å². The molecule has 1 rings (SSSR count). The van der Waals surface area contributed by atoms with E-state index in [1.54, 1.807) is 0 Å². The zero-order valence-corrected chi connectivity index (χ0v) is 12.9. The van der Waals surface area contributed by atoms with Crippen molar-refractivity contribution in [3.05, 3.63) is 32.3 Å². The van der Waals surface area contributed by atoms with Gasteiger partial charge in [-0.3, -0.25) is 10.1 Å². The van der Waals surface area contributed by atoms with Gasteiger partial charge in [0.15, 0.2) is 0 Å². The van der Waals surface area contributed by atoms with Gasteiger partial charge in [0.1, 0.15) is 14.9 Å². The van der Waals surface area contributed by atoms with Crippen LogP contribution in [0.15, 0.2) is 17.0 Å². The van der Waals surface area contributed by atoms with Crippen LogP contribution < -0.4 is 0 Å². The number of likely N-dealkylation sites (N-methyl/N-ethyl adjacent to an activating group) is 1. The molecule has 0 bridgehead atoms. The van der Waals surface area contributed by atoms with Crippen LogP contribution in [-0.2, 0) is 10.0 Å². The van der Waals surface area contributed by atoms with Crippen molar-refractivity contribution in [2.45, 2.75) is 17.9 Å². The Morgan fingerprint density at radius 2 is 2.00 bits per heavy atom. The van der Waals surface area contributed by atoms with E-state index in [1.165, 1.54) is 14.0 Å². The van der Waals surface area contributed by atoms with E-state index >= 15 is 0 Å². The summed E-state index contributed by atoms with van der Waals surface area (Å²) >= 11 is 11.4. The van der Waals surface area contributed by atoms with Crippen molar-refractivity contribution >= 4 is 38.9 Å². The Balaban J connectivity index is 3.41. The molecule has 112 valence electrons. The van der Waals surface area contributed by atoms with Gasteiger partial charge in [0.25, 0.3) is 0 Å². The van der Waals surface area contributed by atoms with Crippen LogP contribution in [-0.4, -0.2) is 42.4 Å². The Morgan fingerprint density at radius 1 is 1.45 bits per heavy atom. The zero-order valence-electron chi connectivity index (χ0n) is 10.6. The van der Waals surface area contributed by atoms with Gasteiger partial charge in [-0.1, -0.05) is 23.2 Å². The fourth-order valence-corrected chi connectivity index (χ4v) is 3.64. The smallest absolute Gasteiger partial charge is 0.307 e. The summed E-state index contributed by atoms with van der Waals surface area (Å²) in [6.07, 6.45) is -0.893. The van der Waals surface area contributed by atoms with Gasteiger partial charge in [-0.05, 0) is 19.1 Å². The van der Waals surface area contributed by atoms with E-state index < -0.39 is 36.7 Å². The number of nitrogens with zero attached hydrogens (tertiary/aromatic N) is 2.